The second-order valence-electron chi connectivity index (χ2n) is 7.32. The summed E-state index contributed by atoms with van der Waals surface area (Å²) in [5.74, 6) is -0.101. The van der Waals surface area contributed by atoms with E-state index < -0.39 is 5.97 Å². The Morgan fingerprint density at radius 2 is 1.83 bits per heavy atom. The fourth-order valence-corrected chi connectivity index (χ4v) is 3.27. The monoisotopic (exact) mass is 409 g/mol. The van der Waals surface area contributed by atoms with Crippen LogP contribution in [0.1, 0.15) is 42.5 Å². The second kappa shape index (κ2) is 9.48. The number of carbonyl (C=O) groups is 2. The van der Waals surface area contributed by atoms with Gasteiger partial charge in [0, 0.05) is 23.5 Å². The summed E-state index contributed by atoms with van der Waals surface area (Å²) in [5.41, 5.74) is 2.25. The van der Waals surface area contributed by atoms with E-state index in [-0.39, 0.29) is 24.3 Å². The lowest BCUT2D eigenvalue weighted by Crippen LogP contribution is -2.39. The maximum Gasteiger partial charge on any atom is 0.375 e. The molecule has 0 saturated carbocycles. The number of hydrogen-bond acceptors (Lipinski definition) is 5. The number of amides is 1. The number of nitrogens with zero attached hydrogens (tertiary/aromatic N) is 1. The minimum Gasteiger partial charge on any atom is -0.494 e. The molecule has 0 fully saturated rings. The summed E-state index contributed by atoms with van der Waals surface area (Å²) in [6.07, 6.45) is 0. The van der Waals surface area contributed by atoms with Crippen LogP contribution in [0, 0.1) is 6.92 Å². The number of hydrogen-bond donors (Lipinski definition) is 0. The smallest absolute Gasteiger partial charge is 0.375 e. The Hall–Kier alpha value is -3.28. The van der Waals surface area contributed by atoms with Crippen LogP contribution in [0.25, 0.3) is 11.0 Å². The quantitative estimate of drug-likeness (QED) is 0.503. The average Bonchev–Trinajstić information content (AvgIpc) is 3.07. The van der Waals surface area contributed by atoms with Crippen molar-refractivity contribution < 1.29 is 23.5 Å². The fraction of sp³-hybridized carbons (Fsp3) is 0.333. The third-order valence-corrected chi connectivity index (χ3v) is 4.87. The maximum absolute atomic E-state index is 12.7. The highest BCUT2D eigenvalue weighted by Gasteiger charge is 2.23. The van der Waals surface area contributed by atoms with Crippen LogP contribution in [0.3, 0.4) is 0 Å². The van der Waals surface area contributed by atoms with Gasteiger partial charge in [0.05, 0.1) is 6.61 Å². The van der Waals surface area contributed by atoms with Crippen LogP contribution in [-0.2, 0) is 16.1 Å². The van der Waals surface area contributed by atoms with E-state index in [0.717, 1.165) is 10.9 Å². The zero-order valence-corrected chi connectivity index (χ0v) is 17.8. The molecule has 1 amide bonds. The first-order valence-electron chi connectivity index (χ1n) is 10.1. The van der Waals surface area contributed by atoms with Crippen molar-refractivity contribution in [3.05, 3.63) is 65.4 Å². The molecule has 30 heavy (non-hydrogen) atoms. The van der Waals surface area contributed by atoms with Gasteiger partial charge in [0.15, 0.2) is 6.61 Å². The van der Waals surface area contributed by atoms with E-state index in [0.29, 0.717) is 30.0 Å². The number of rotatable bonds is 8. The molecular formula is C24H27NO5. The molecule has 0 bridgehead atoms. The summed E-state index contributed by atoms with van der Waals surface area (Å²) in [6.45, 7) is 8.22. The largest absolute Gasteiger partial charge is 0.494 e. The molecule has 2 aromatic carbocycles. The fourth-order valence-electron chi connectivity index (χ4n) is 3.27. The van der Waals surface area contributed by atoms with Gasteiger partial charge in [0.2, 0.25) is 5.76 Å². The summed E-state index contributed by atoms with van der Waals surface area (Å²) in [4.78, 5) is 27.0. The van der Waals surface area contributed by atoms with Crippen molar-refractivity contribution in [1.82, 2.24) is 4.90 Å². The number of aryl methyl sites for hydroxylation is 1. The van der Waals surface area contributed by atoms with Gasteiger partial charge in [-0.05, 0) is 51.5 Å². The Morgan fingerprint density at radius 1 is 1.10 bits per heavy atom. The molecule has 0 N–H and O–H groups in total. The molecule has 0 atom stereocenters. The van der Waals surface area contributed by atoms with Crippen molar-refractivity contribution >= 4 is 22.8 Å². The zero-order valence-electron chi connectivity index (χ0n) is 17.8. The highest BCUT2D eigenvalue weighted by molar-refractivity contribution is 5.97. The first kappa shape index (κ1) is 21.4. The minimum atomic E-state index is -0.654. The minimum absolute atomic E-state index is 0.0265. The van der Waals surface area contributed by atoms with Crippen LogP contribution in [-0.4, -0.2) is 36.0 Å². The Balaban J connectivity index is 1.69. The summed E-state index contributed by atoms with van der Waals surface area (Å²) in [7, 11) is 0. The summed E-state index contributed by atoms with van der Waals surface area (Å²) in [5, 5.41) is 0.784. The Bertz CT molecular complexity index is 1020. The van der Waals surface area contributed by atoms with Gasteiger partial charge in [0.25, 0.3) is 5.91 Å². The molecular weight excluding hydrogens is 382 g/mol. The highest BCUT2D eigenvalue weighted by Crippen LogP contribution is 2.29. The molecule has 0 unspecified atom stereocenters. The SMILES string of the molecule is CCOc1ccc2oc(C(=O)OCC(=O)N(Cc3ccccc3)C(C)C)c(C)c2c1. The summed E-state index contributed by atoms with van der Waals surface area (Å²) >= 11 is 0. The van der Waals surface area contributed by atoms with Crippen molar-refractivity contribution in [2.24, 2.45) is 0 Å². The summed E-state index contributed by atoms with van der Waals surface area (Å²) < 4.78 is 16.5. The number of furan rings is 1. The molecule has 0 aliphatic carbocycles. The Morgan fingerprint density at radius 3 is 2.50 bits per heavy atom. The van der Waals surface area contributed by atoms with E-state index in [1.165, 1.54) is 0 Å². The lowest BCUT2D eigenvalue weighted by molar-refractivity contribution is -0.137. The van der Waals surface area contributed by atoms with E-state index in [1.54, 1.807) is 24.0 Å². The molecule has 1 heterocycles. The predicted molar refractivity (Wildman–Crippen MR) is 115 cm³/mol. The Kier molecular flexibility index (Phi) is 6.77. The van der Waals surface area contributed by atoms with Gasteiger partial charge in [-0.3, -0.25) is 4.79 Å². The predicted octanol–water partition coefficient (Wildman–Crippen LogP) is 4.73. The molecule has 158 valence electrons. The van der Waals surface area contributed by atoms with Crippen LogP contribution < -0.4 is 4.74 Å². The van der Waals surface area contributed by atoms with Gasteiger partial charge in [-0.25, -0.2) is 4.79 Å². The topological polar surface area (TPSA) is 69.0 Å². The number of ether oxygens (including phenoxy) is 2. The normalized spacial score (nSPS) is 11.0. The first-order valence-corrected chi connectivity index (χ1v) is 10.1. The van der Waals surface area contributed by atoms with E-state index in [2.05, 4.69) is 0 Å². The first-order chi connectivity index (χ1) is 14.4. The van der Waals surface area contributed by atoms with Crippen molar-refractivity contribution in [1.29, 1.82) is 0 Å². The standard InChI is InChI=1S/C24H27NO5/c1-5-28-19-11-12-21-20(13-19)17(4)23(30-21)24(27)29-15-22(26)25(16(2)3)14-18-9-7-6-8-10-18/h6-13,16H,5,14-15H2,1-4H3. The lowest BCUT2D eigenvalue weighted by Gasteiger charge is -2.26. The van der Waals surface area contributed by atoms with Crippen LogP contribution in [0.4, 0.5) is 0 Å². The molecule has 3 aromatic rings. The molecule has 1 aromatic heterocycles. The van der Waals surface area contributed by atoms with E-state index >= 15 is 0 Å². The van der Waals surface area contributed by atoms with Crippen LogP contribution >= 0.6 is 0 Å². The van der Waals surface area contributed by atoms with Gasteiger partial charge in [-0.1, -0.05) is 30.3 Å². The van der Waals surface area contributed by atoms with E-state index in [1.807, 2.05) is 57.2 Å². The second-order valence-corrected chi connectivity index (χ2v) is 7.32. The van der Waals surface area contributed by atoms with Gasteiger partial charge >= 0.3 is 5.97 Å². The third kappa shape index (κ3) is 4.82. The zero-order chi connectivity index (χ0) is 21.7. The molecule has 0 aliphatic rings. The molecule has 6 heteroatoms. The highest BCUT2D eigenvalue weighted by atomic mass is 16.5. The van der Waals surface area contributed by atoms with Crippen LogP contribution in [0.2, 0.25) is 0 Å². The van der Waals surface area contributed by atoms with E-state index in [4.69, 9.17) is 13.9 Å². The molecule has 3 rings (SSSR count). The van der Waals surface area contributed by atoms with Gasteiger partial charge < -0.3 is 18.8 Å². The van der Waals surface area contributed by atoms with Gasteiger partial charge in [-0.15, -0.1) is 0 Å². The maximum atomic E-state index is 12.7. The van der Waals surface area contributed by atoms with E-state index in [9.17, 15) is 9.59 Å². The Labute approximate surface area is 176 Å². The third-order valence-electron chi connectivity index (χ3n) is 4.87. The molecule has 0 saturated heterocycles. The van der Waals surface area contributed by atoms with Gasteiger partial charge in [0.1, 0.15) is 11.3 Å². The van der Waals surface area contributed by atoms with Gasteiger partial charge in [-0.2, -0.15) is 0 Å². The summed E-state index contributed by atoms with van der Waals surface area (Å²) in [6, 6.07) is 15.1. The number of fused-ring (bicyclic) bond motifs is 1. The average molecular weight is 409 g/mol. The molecule has 0 spiro atoms. The van der Waals surface area contributed by atoms with Crippen molar-refractivity contribution in [3.63, 3.8) is 0 Å². The van der Waals surface area contributed by atoms with Crippen molar-refractivity contribution in [3.8, 4) is 5.75 Å². The van der Waals surface area contributed by atoms with Crippen LogP contribution in [0.15, 0.2) is 52.9 Å². The number of benzene rings is 2. The van der Waals surface area contributed by atoms with Crippen molar-refractivity contribution in [2.45, 2.75) is 40.3 Å². The molecule has 0 aliphatic heterocycles. The number of carbonyl (C=O) groups excluding carboxylic acids is 2. The van der Waals surface area contributed by atoms with Crippen molar-refractivity contribution in [2.75, 3.05) is 13.2 Å². The molecule has 6 nitrogen and oxygen atoms in total. The molecule has 0 radical (unpaired) electrons. The number of esters is 1. The van der Waals surface area contributed by atoms with Crippen LogP contribution in [0.5, 0.6) is 5.75 Å². The lowest BCUT2D eigenvalue weighted by atomic mass is 10.1.